The topological polar surface area (TPSA) is 121 Å². The van der Waals surface area contributed by atoms with Gasteiger partial charge >= 0.3 is 5.69 Å². The van der Waals surface area contributed by atoms with Crippen molar-refractivity contribution in [1.82, 2.24) is 14.1 Å². The van der Waals surface area contributed by atoms with E-state index < -0.39 is 0 Å². The Labute approximate surface area is 215 Å². The Hall–Kier alpha value is -3.30. The number of rotatable bonds is 6. The lowest BCUT2D eigenvalue weighted by Crippen LogP contribution is -2.32. The number of carbonyl (C=O) groups excluding carboxylic acids is 1. The van der Waals surface area contributed by atoms with Gasteiger partial charge in [-0.3, -0.25) is 13.9 Å². The minimum atomic E-state index is -0.367. The zero-order chi connectivity index (χ0) is 25.9. The van der Waals surface area contributed by atoms with Gasteiger partial charge in [-0.25, -0.2) is 14.2 Å². The fourth-order valence-corrected chi connectivity index (χ4v) is 5.58. The first-order valence-electron chi connectivity index (χ1n) is 13.2. The fourth-order valence-electron chi connectivity index (χ4n) is 5.58. The lowest BCUT2D eigenvalue weighted by molar-refractivity contribution is -0.120. The molecule has 0 atom stereocenters. The highest BCUT2D eigenvalue weighted by Crippen LogP contribution is 2.28. The quantitative estimate of drug-likeness (QED) is 0.469. The summed E-state index contributed by atoms with van der Waals surface area (Å²) in [6.45, 7) is 0.602. The Morgan fingerprint density at radius 3 is 2.30 bits per heavy atom. The van der Waals surface area contributed by atoms with Gasteiger partial charge in [0.1, 0.15) is 11.6 Å². The molecule has 2 heterocycles. The summed E-state index contributed by atoms with van der Waals surface area (Å²) in [7, 11) is 0. The summed E-state index contributed by atoms with van der Waals surface area (Å²) >= 11 is 0. The van der Waals surface area contributed by atoms with Crippen molar-refractivity contribution in [2.45, 2.75) is 70.0 Å². The van der Waals surface area contributed by atoms with E-state index in [1.165, 1.54) is 12.1 Å². The fraction of sp³-hybridized carbons (Fsp3) is 0.464. The predicted molar refractivity (Wildman–Crippen MR) is 142 cm³/mol. The highest BCUT2D eigenvalue weighted by molar-refractivity contribution is 5.92. The van der Waals surface area contributed by atoms with Gasteiger partial charge in [-0.05, 0) is 93.7 Å². The zero-order valence-corrected chi connectivity index (χ0v) is 21.0. The van der Waals surface area contributed by atoms with E-state index in [0.29, 0.717) is 29.7 Å². The van der Waals surface area contributed by atoms with Crippen LogP contribution in [0.2, 0.25) is 0 Å². The smallest absolute Gasteiger partial charge is 0.328 e. The molecule has 2 fully saturated rings. The molecule has 1 amide bonds. The minimum absolute atomic E-state index is 0.0550. The van der Waals surface area contributed by atoms with Crippen LogP contribution < -0.4 is 22.5 Å². The maximum atomic E-state index is 13.7. The number of hydrogen-bond donors (Lipinski definition) is 3. The number of benzene rings is 1. The Bertz CT molecular complexity index is 1280. The molecule has 0 aliphatic heterocycles. The first-order chi connectivity index (χ1) is 17.9. The first-order valence-corrected chi connectivity index (χ1v) is 13.2. The summed E-state index contributed by atoms with van der Waals surface area (Å²) in [4.78, 5) is 30.8. The Morgan fingerprint density at radius 1 is 0.973 bits per heavy atom. The van der Waals surface area contributed by atoms with E-state index in [1.807, 2.05) is 12.3 Å². The van der Waals surface area contributed by atoms with Gasteiger partial charge in [0.15, 0.2) is 0 Å². The van der Waals surface area contributed by atoms with Crippen molar-refractivity contribution in [1.29, 1.82) is 0 Å². The first kappa shape index (κ1) is 25.4. The lowest BCUT2D eigenvalue weighted by atomic mass is 9.86. The number of aromatic nitrogens is 3. The number of halogens is 1. The monoisotopic (exact) mass is 506 g/mol. The van der Waals surface area contributed by atoms with E-state index in [4.69, 9.17) is 11.5 Å². The Morgan fingerprint density at radius 2 is 1.62 bits per heavy atom. The standard InChI is InChI=1S/C28H35FN6O2/c29-21-5-11-24(12-6-21)35-25(17-34(28(35)37)16-18-1-7-22(30)8-2-18)20-13-14-32-26(15-20)33-27(36)19-3-9-23(31)10-4-19/h5-6,11-15,17-19,22-23H,1-4,7-10,16,30-31H2,(H,32,33,36)/t18-,19?,22+,23?. The molecular formula is C28H35FN6O2. The molecule has 196 valence electrons. The summed E-state index contributed by atoms with van der Waals surface area (Å²) in [5.74, 6) is 0.316. The van der Waals surface area contributed by atoms with Gasteiger partial charge in [-0.1, -0.05) is 0 Å². The summed E-state index contributed by atoms with van der Waals surface area (Å²) in [6.07, 6.45) is 10.6. The van der Waals surface area contributed by atoms with Crippen LogP contribution in [0.5, 0.6) is 0 Å². The summed E-state index contributed by atoms with van der Waals surface area (Å²) < 4.78 is 17.0. The SMILES string of the molecule is NC1CCC(C(=O)Nc2cc(-c3cn(C[C@H]4CC[C@@H](N)CC4)c(=O)n3-c3ccc(F)cc3)ccn2)CC1. The molecule has 2 saturated carbocycles. The van der Waals surface area contributed by atoms with Crippen molar-refractivity contribution in [3.05, 3.63) is 65.1 Å². The van der Waals surface area contributed by atoms with E-state index >= 15 is 0 Å². The Balaban J connectivity index is 1.45. The molecule has 2 aliphatic rings. The average Bonchev–Trinajstić information content (AvgIpc) is 3.22. The molecular weight excluding hydrogens is 471 g/mol. The lowest BCUT2D eigenvalue weighted by Gasteiger charge is -2.25. The van der Waals surface area contributed by atoms with Crippen molar-refractivity contribution in [3.8, 4) is 16.9 Å². The highest BCUT2D eigenvalue weighted by atomic mass is 19.1. The number of carbonyl (C=O) groups is 1. The average molecular weight is 507 g/mol. The summed E-state index contributed by atoms with van der Waals surface area (Å²) in [6, 6.07) is 9.90. The van der Waals surface area contributed by atoms with Gasteiger partial charge in [0.25, 0.3) is 0 Å². The maximum absolute atomic E-state index is 13.7. The molecule has 37 heavy (non-hydrogen) atoms. The molecule has 5 rings (SSSR count). The molecule has 3 aromatic rings. The maximum Gasteiger partial charge on any atom is 0.333 e. The zero-order valence-electron chi connectivity index (χ0n) is 21.0. The highest BCUT2D eigenvalue weighted by Gasteiger charge is 2.25. The third-order valence-electron chi connectivity index (χ3n) is 7.84. The molecule has 2 aromatic heterocycles. The second-order valence-electron chi connectivity index (χ2n) is 10.6. The predicted octanol–water partition coefficient (Wildman–Crippen LogP) is 3.81. The number of pyridine rings is 1. The van der Waals surface area contributed by atoms with E-state index in [0.717, 1.165) is 56.9 Å². The molecule has 9 heteroatoms. The molecule has 0 spiro atoms. The number of nitrogens with one attached hydrogen (secondary N) is 1. The number of nitrogens with zero attached hydrogens (tertiary/aromatic N) is 3. The van der Waals surface area contributed by atoms with Crippen molar-refractivity contribution in [3.63, 3.8) is 0 Å². The second kappa shape index (κ2) is 11.0. The van der Waals surface area contributed by atoms with Crippen LogP contribution in [0.3, 0.4) is 0 Å². The Kier molecular flexibility index (Phi) is 7.53. The van der Waals surface area contributed by atoms with Crippen LogP contribution in [0.15, 0.2) is 53.6 Å². The number of amides is 1. The number of hydrogen-bond acceptors (Lipinski definition) is 5. The molecule has 2 aliphatic carbocycles. The van der Waals surface area contributed by atoms with Gasteiger partial charge in [0.05, 0.1) is 11.4 Å². The molecule has 0 saturated heterocycles. The van der Waals surface area contributed by atoms with Crippen molar-refractivity contribution in [2.75, 3.05) is 5.32 Å². The van der Waals surface area contributed by atoms with Gasteiger partial charge in [0, 0.05) is 42.5 Å². The van der Waals surface area contributed by atoms with Crippen LogP contribution in [0.25, 0.3) is 16.9 Å². The van der Waals surface area contributed by atoms with E-state index in [-0.39, 0.29) is 35.4 Å². The van der Waals surface area contributed by atoms with E-state index in [9.17, 15) is 14.0 Å². The van der Waals surface area contributed by atoms with Gasteiger partial charge in [0.2, 0.25) is 5.91 Å². The van der Waals surface area contributed by atoms with Crippen LogP contribution in [-0.2, 0) is 11.3 Å². The largest absolute Gasteiger partial charge is 0.333 e. The van der Waals surface area contributed by atoms with Crippen LogP contribution in [-0.4, -0.2) is 32.1 Å². The molecule has 1 aromatic carbocycles. The second-order valence-corrected chi connectivity index (χ2v) is 10.6. The van der Waals surface area contributed by atoms with Gasteiger partial charge in [-0.2, -0.15) is 0 Å². The third-order valence-corrected chi connectivity index (χ3v) is 7.84. The van der Waals surface area contributed by atoms with Crippen LogP contribution in [0, 0.1) is 17.7 Å². The summed E-state index contributed by atoms with van der Waals surface area (Å²) in [5, 5.41) is 2.95. The summed E-state index contributed by atoms with van der Waals surface area (Å²) in [5.41, 5.74) is 13.8. The van der Waals surface area contributed by atoms with Gasteiger partial charge < -0.3 is 16.8 Å². The molecule has 0 unspecified atom stereocenters. The number of anilines is 1. The molecule has 0 bridgehead atoms. The van der Waals surface area contributed by atoms with Gasteiger partial charge in [-0.15, -0.1) is 0 Å². The normalized spacial score (nSPS) is 24.1. The molecule has 5 N–H and O–H groups in total. The van der Waals surface area contributed by atoms with E-state index in [2.05, 4.69) is 10.3 Å². The number of imidazole rings is 1. The molecule has 8 nitrogen and oxygen atoms in total. The van der Waals surface area contributed by atoms with Crippen LogP contribution in [0.1, 0.15) is 51.4 Å². The van der Waals surface area contributed by atoms with E-state index in [1.54, 1.807) is 33.5 Å². The third kappa shape index (κ3) is 5.83. The molecule has 0 radical (unpaired) electrons. The van der Waals surface area contributed by atoms with Crippen molar-refractivity contribution < 1.29 is 9.18 Å². The van der Waals surface area contributed by atoms with Crippen LogP contribution >= 0.6 is 0 Å². The van der Waals surface area contributed by atoms with Crippen molar-refractivity contribution in [2.24, 2.45) is 23.3 Å². The number of nitrogens with two attached hydrogens (primary N) is 2. The van der Waals surface area contributed by atoms with Crippen LogP contribution in [0.4, 0.5) is 10.2 Å². The van der Waals surface area contributed by atoms with Crippen molar-refractivity contribution >= 4 is 11.7 Å². The minimum Gasteiger partial charge on any atom is -0.328 e.